The van der Waals surface area contributed by atoms with E-state index < -0.39 is 0 Å². The van der Waals surface area contributed by atoms with Gasteiger partial charge in [0.1, 0.15) is 17.2 Å². The summed E-state index contributed by atoms with van der Waals surface area (Å²) in [4.78, 5) is 24.1. The Kier molecular flexibility index (Phi) is 7.47. The van der Waals surface area contributed by atoms with Gasteiger partial charge in [0.25, 0.3) is 5.88 Å². The largest absolute Gasteiger partial charge is 0.497 e. The maximum Gasteiger partial charge on any atom is 0.263 e. The van der Waals surface area contributed by atoms with E-state index in [0.717, 1.165) is 36.3 Å². The van der Waals surface area contributed by atoms with Gasteiger partial charge in [0.05, 0.1) is 20.1 Å². The zero-order chi connectivity index (χ0) is 23.9. The molecule has 1 atom stereocenters. The molecule has 3 aromatic rings. The number of nitrogens with zero attached hydrogens (tertiary/aromatic N) is 3. The first kappa shape index (κ1) is 23.4. The van der Waals surface area contributed by atoms with E-state index >= 15 is 0 Å². The molecule has 2 heterocycles. The third-order valence-corrected chi connectivity index (χ3v) is 5.99. The predicted molar refractivity (Wildman–Crippen MR) is 130 cm³/mol. The lowest BCUT2D eigenvalue weighted by molar-refractivity contribution is -0.125. The molecule has 1 aromatic heterocycles. The lowest BCUT2D eigenvalue weighted by Gasteiger charge is -2.33. The molecule has 1 unspecified atom stereocenters. The van der Waals surface area contributed by atoms with Gasteiger partial charge in [0, 0.05) is 43.7 Å². The van der Waals surface area contributed by atoms with Crippen molar-refractivity contribution in [2.75, 3.05) is 32.2 Å². The quantitative estimate of drug-likeness (QED) is 0.539. The number of hydrogen-bond acceptors (Lipinski definition) is 7. The Labute approximate surface area is 199 Å². The van der Waals surface area contributed by atoms with E-state index in [0.29, 0.717) is 36.3 Å². The first-order valence-electron chi connectivity index (χ1n) is 11.4. The average Bonchev–Trinajstić information content (AvgIpc) is 2.89. The molecule has 2 aromatic carbocycles. The van der Waals surface area contributed by atoms with Crippen molar-refractivity contribution in [3.8, 4) is 23.1 Å². The summed E-state index contributed by atoms with van der Waals surface area (Å²) in [6.07, 6.45) is 4.97. The van der Waals surface area contributed by atoms with Crippen LogP contribution in [0.25, 0.3) is 0 Å². The highest BCUT2D eigenvalue weighted by Gasteiger charge is 2.28. The van der Waals surface area contributed by atoms with Crippen LogP contribution in [0, 0.1) is 12.8 Å². The van der Waals surface area contributed by atoms with E-state index in [2.05, 4.69) is 20.2 Å². The minimum atomic E-state index is -0.161. The lowest BCUT2D eigenvalue weighted by atomic mass is 9.97. The Morgan fingerprint density at radius 2 is 1.91 bits per heavy atom. The van der Waals surface area contributed by atoms with Gasteiger partial charge in [-0.15, -0.1) is 0 Å². The molecular formula is C26H30N4O4. The number of ether oxygens (including phenoxy) is 3. The highest BCUT2D eigenvalue weighted by molar-refractivity contribution is 5.79. The normalized spacial score (nSPS) is 15.5. The number of amides is 1. The van der Waals surface area contributed by atoms with Crippen LogP contribution < -0.4 is 24.4 Å². The smallest absolute Gasteiger partial charge is 0.263 e. The lowest BCUT2D eigenvalue weighted by Crippen LogP contribution is -2.43. The van der Waals surface area contributed by atoms with Crippen molar-refractivity contribution in [3.05, 3.63) is 66.0 Å². The van der Waals surface area contributed by atoms with Gasteiger partial charge in [-0.1, -0.05) is 18.2 Å². The zero-order valence-corrected chi connectivity index (χ0v) is 19.8. The summed E-state index contributed by atoms with van der Waals surface area (Å²) in [5, 5.41) is 3.06. The van der Waals surface area contributed by atoms with Gasteiger partial charge in [-0.2, -0.15) is 0 Å². The molecule has 34 heavy (non-hydrogen) atoms. The molecule has 178 valence electrons. The zero-order valence-electron chi connectivity index (χ0n) is 19.8. The van der Waals surface area contributed by atoms with Gasteiger partial charge in [0.2, 0.25) is 5.91 Å². The molecule has 1 amide bonds. The van der Waals surface area contributed by atoms with E-state index in [1.165, 1.54) is 0 Å². The minimum absolute atomic E-state index is 0.00725. The maximum atomic E-state index is 13.0. The van der Waals surface area contributed by atoms with Crippen molar-refractivity contribution >= 4 is 11.7 Å². The van der Waals surface area contributed by atoms with Crippen LogP contribution in [0.4, 0.5) is 5.82 Å². The monoisotopic (exact) mass is 462 g/mol. The second-order valence-electron chi connectivity index (χ2n) is 8.23. The third kappa shape index (κ3) is 5.39. The fourth-order valence-electron chi connectivity index (χ4n) is 4.09. The van der Waals surface area contributed by atoms with Crippen LogP contribution in [0.2, 0.25) is 0 Å². The molecule has 1 N–H and O–H groups in total. The molecule has 1 saturated heterocycles. The van der Waals surface area contributed by atoms with Crippen LogP contribution in [-0.4, -0.2) is 43.2 Å². The fraction of sp³-hybridized carbons (Fsp3) is 0.346. The van der Waals surface area contributed by atoms with Gasteiger partial charge in [-0.3, -0.25) is 4.79 Å². The molecule has 1 aliphatic rings. The Balaban J connectivity index is 1.43. The summed E-state index contributed by atoms with van der Waals surface area (Å²) in [6.45, 7) is 3.72. The summed E-state index contributed by atoms with van der Waals surface area (Å²) in [6, 6.07) is 13.4. The molecule has 0 spiro atoms. The number of methoxy groups -OCH3 is 2. The summed E-state index contributed by atoms with van der Waals surface area (Å²) >= 11 is 0. The molecule has 4 rings (SSSR count). The minimum Gasteiger partial charge on any atom is -0.497 e. The number of benzene rings is 2. The highest BCUT2D eigenvalue weighted by atomic mass is 16.5. The molecule has 0 saturated carbocycles. The van der Waals surface area contributed by atoms with Crippen LogP contribution in [0.5, 0.6) is 23.1 Å². The van der Waals surface area contributed by atoms with Crippen molar-refractivity contribution in [1.82, 2.24) is 15.3 Å². The molecule has 8 heteroatoms. The van der Waals surface area contributed by atoms with Gasteiger partial charge >= 0.3 is 0 Å². The molecule has 0 aliphatic carbocycles. The van der Waals surface area contributed by atoms with E-state index in [1.54, 1.807) is 26.6 Å². The van der Waals surface area contributed by atoms with Crippen molar-refractivity contribution < 1.29 is 19.0 Å². The SMILES string of the molecule is COc1ccc(CNC(=O)C2CCCN(c3nccnc3Oc3ccccc3C)C2)c(OC)c1. The van der Waals surface area contributed by atoms with E-state index in [4.69, 9.17) is 14.2 Å². The predicted octanol–water partition coefficient (Wildman–Crippen LogP) is 4.13. The van der Waals surface area contributed by atoms with Crippen molar-refractivity contribution in [2.24, 2.45) is 5.92 Å². The van der Waals surface area contributed by atoms with Crippen molar-refractivity contribution in [1.29, 1.82) is 0 Å². The molecule has 1 aliphatic heterocycles. The summed E-state index contributed by atoms with van der Waals surface area (Å²) in [7, 11) is 3.22. The second kappa shape index (κ2) is 10.9. The Hall–Kier alpha value is -3.81. The second-order valence-corrected chi connectivity index (χ2v) is 8.23. The molecule has 8 nitrogen and oxygen atoms in total. The molecule has 1 fully saturated rings. The Morgan fingerprint density at radius 3 is 2.71 bits per heavy atom. The number of carbonyl (C=O) groups is 1. The number of carbonyl (C=O) groups excluding carboxylic acids is 1. The van der Waals surface area contributed by atoms with Crippen LogP contribution in [0.3, 0.4) is 0 Å². The van der Waals surface area contributed by atoms with Crippen LogP contribution >= 0.6 is 0 Å². The number of rotatable bonds is 8. The summed E-state index contributed by atoms with van der Waals surface area (Å²) < 4.78 is 16.8. The number of aromatic nitrogens is 2. The van der Waals surface area contributed by atoms with Crippen molar-refractivity contribution in [2.45, 2.75) is 26.3 Å². The first-order chi connectivity index (χ1) is 16.6. The Bertz CT molecular complexity index is 1140. The van der Waals surface area contributed by atoms with E-state index in [9.17, 15) is 4.79 Å². The maximum absolute atomic E-state index is 13.0. The number of hydrogen-bond donors (Lipinski definition) is 1. The van der Waals surface area contributed by atoms with Gasteiger partial charge in [0.15, 0.2) is 5.82 Å². The number of anilines is 1. The standard InChI is InChI=1S/C26H30N4O4/c1-18-7-4-5-9-22(18)34-26-24(27-12-13-28-26)30-14-6-8-20(17-30)25(31)29-16-19-10-11-21(32-2)15-23(19)33-3/h4-5,7,9-13,15,20H,6,8,14,16-17H2,1-3H3,(H,29,31). The summed E-state index contributed by atoms with van der Waals surface area (Å²) in [5.41, 5.74) is 1.91. The third-order valence-electron chi connectivity index (χ3n) is 5.99. The van der Waals surface area contributed by atoms with Gasteiger partial charge in [-0.05, 0) is 43.5 Å². The number of nitrogens with one attached hydrogen (secondary N) is 1. The first-order valence-corrected chi connectivity index (χ1v) is 11.4. The van der Waals surface area contributed by atoms with Gasteiger partial charge < -0.3 is 24.4 Å². The number of piperidine rings is 1. The molecule has 0 bridgehead atoms. The van der Waals surface area contributed by atoms with E-state index in [1.807, 2.05) is 49.4 Å². The fourth-order valence-corrected chi connectivity index (χ4v) is 4.09. The highest BCUT2D eigenvalue weighted by Crippen LogP contribution is 2.32. The average molecular weight is 463 g/mol. The van der Waals surface area contributed by atoms with Crippen LogP contribution in [-0.2, 0) is 11.3 Å². The topological polar surface area (TPSA) is 85.8 Å². The van der Waals surface area contributed by atoms with E-state index in [-0.39, 0.29) is 11.8 Å². The van der Waals surface area contributed by atoms with Crippen LogP contribution in [0.15, 0.2) is 54.9 Å². The summed E-state index contributed by atoms with van der Waals surface area (Å²) in [5.74, 6) is 3.08. The number of para-hydroxylation sites is 1. The Morgan fingerprint density at radius 1 is 1.09 bits per heavy atom. The molecule has 0 radical (unpaired) electrons. The van der Waals surface area contributed by atoms with Crippen LogP contribution in [0.1, 0.15) is 24.0 Å². The van der Waals surface area contributed by atoms with Gasteiger partial charge in [-0.25, -0.2) is 9.97 Å². The molecular weight excluding hydrogens is 432 g/mol. The van der Waals surface area contributed by atoms with Crippen molar-refractivity contribution in [3.63, 3.8) is 0 Å². The number of aryl methyl sites for hydroxylation is 1.